The molecule has 2 nitrogen and oxygen atoms in total. The summed E-state index contributed by atoms with van der Waals surface area (Å²) >= 11 is 3.22. The van der Waals surface area contributed by atoms with E-state index in [9.17, 15) is 13.2 Å². The Morgan fingerprint density at radius 1 is 1.44 bits per heavy atom. The third-order valence-corrected chi connectivity index (χ3v) is 3.06. The molecule has 0 aromatic carbocycles. The smallest absolute Gasteiger partial charge is 0.383 e. The number of nitrogens with zero attached hydrogens (tertiary/aromatic N) is 1. The summed E-state index contributed by atoms with van der Waals surface area (Å²) in [6, 6.07) is 0. The summed E-state index contributed by atoms with van der Waals surface area (Å²) in [7, 11) is 0. The highest BCUT2D eigenvalue weighted by molar-refractivity contribution is 9.11. The number of likely N-dealkylation sites (tertiary alicyclic amines) is 1. The van der Waals surface area contributed by atoms with Crippen molar-refractivity contribution in [2.24, 2.45) is 5.92 Å². The number of piperidine rings is 1. The highest BCUT2D eigenvalue weighted by Crippen LogP contribution is 2.31. The van der Waals surface area contributed by atoms with Gasteiger partial charge in [0.1, 0.15) is 0 Å². The minimum Gasteiger partial charge on any atom is -0.383 e. The van der Waals surface area contributed by atoms with Crippen LogP contribution in [0, 0.1) is 5.92 Å². The van der Waals surface area contributed by atoms with E-state index < -0.39 is 18.2 Å². The summed E-state index contributed by atoms with van der Waals surface area (Å²) in [5.74, 6) is -0.667. The number of aliphatic hydroxyl groups is 1. The van der Waals surface area contributed by atoms with Gasteiger partial charge in [0.2, 0.25) is 0 Å². The molecule has 0 amide bonds. The molecule has 1 heterocycles. The fraction of sp³-hybridized carbons (Fsp3) is 0.800. The zero-order valence-electron chi connectivity index (χ0n) is 8.80. The second kappa shape index (κ2) is 5.51. The first kappa shape index (κ1) is 14.0. The van der Waals surface area contributed by atoms with Crippen molar-refractivity contribution >= 4 is 15.9 Å². The summed E-state index contributed by atoms with van der Waals surface area (Å²) in [6.45, 7) is 5.48. The van der Waals surface area contributed by atoms with Crippen LogP contribution in [0.4, 0.5) is 13.2 Å². The second-order valence-electron chi connectivity index (χ2n) is 4.12. The van der Waals surface area contributed by atoms with E-state index in [2.05, 4.69) is 22.5 Å². The first-order valence-electron chi connectivity index (χ1n) is 5.11. The summed E-state index contributed by atoms with van der Waals surface area (Å²) in [6.07, 6.45) is -5.92. The average Bonchev–Trinajstić information content (AvgIpc) is 2.15. The molecule has 0 radical (unpaired) electrons. The molecule has 0 spiro atoms. The molecule has 0 aromatic heterocycles. The number of aliphatic hydroxyl groups excluding tert-OH is 1. The fourth-order valence-corrected chi connectivity index (χ4v) is 2.29. The molecule has 0 saturated carbocycles. The van der Waals surface area contributed by atoms with Gasteiger partial charge in [-0.05, 0) is 31.8 Å². The molecule has 1 fully saturated rings. The van der Waals surface area contributed by atoms with Crippen molar-refractivity contribution in [1.82, 2.24) is 4.90 Å². The van der Waals surface area contributed by atoms with E-state index in [-0.39, 0.29) is 0 Å². The molecular weight excluding hydrogens is 287 g/mol. The molecule has 1 aliphatic rings. The topological polar surface area (TPSA) is 23.5 Å². The minimum atomic E-state index is -4.49. The summed E-state index contributed by atoms with van der Waals surface area (Å²) in [5, 5.41) is 9.11. The zero-order chi connectivity index (χ0) is 12.3. The summed E-state index contributed by atoms with van der Waals surface area (Å²) < 4.78 is 37.6. The van der Waals surface area contributed by atoms with Crippen LogP contribution >= 0.6 is 15.9 Å². The lowest BCUT2D eigenvalue weighted by atomic mass is 9.91. The van der Waals surface area contributed by atoms with Gasteiger partial charge in [0.15, 0.2) is 6.10 Å². The lowest BCUT2D eigenvalue weighted by Crippen LogP contribution is -2.43. The Kier molecular flexibility index (Phi) is 4.82. The largest absolute Gasteiger partial charge is 0.414 e. The molecule has 1 rings (SSSR count). The van der Waals surface area contributed by atoms with Gasteiger partial charge in [-0.25, -0.2) is 0 Å². The third-order valence-electron chi connectivity index (χ3n) is 2.81. The molecule has 1 aliphatic heterocycles. The minimum absolute atomic E-state index is 0.376. The Hall–Kier alpha value is -0.0700. The Morgan fingerprint density at radius 3 is 2.31 bits per heavy atom. The molecule has 16 heavy (non-hydrogen) atoms. The number of hydrogen-bond donors (Lipinski definition) is 1. The third kappa shape index (κ3) is 4.07. The zero-order valence-corrected chi connectivity index (χ0v) is 10.4. The highest BCUT2D eigenvalue weighted by atomic mass is 79.9. The number of halogens is 4. The Bertz CT molecular complexity index is 249. The van der Waals surface area contributed by atoms with Crippen LogP contribution in [-0.4, -0.2) is 41.9 Å². The van der Waals surface area contributed by atoms with Gasteiger partial charge in [-0.3, -0.25) is 4.90 Å². The van der Waals surface area contributed by atoms with Gasteiger partial charge in [0.05, 0.1) is 0 Å². The van der Waals surface area contributed by atoms with E-state index >= 15 is 0 Å². The molecule has 6 heteroatoms. The van der Waals surface area contributed by atoms with Crippen molar-refractivity contribution in [3.05, 3.63) is 11.1 Å². The predicted octanol–water partition coefficient (Wildman–Crippen LogP) is 2.53. The lowest BCUT2D eigenvalue weighted by molar-refractivity contribution is -0.222. The molecule has 0 bridgehead atoms. The van der Waals surface area contributed by atoms with Gasteiger partial charge < -0.3 is 5.11 Å². The molecule has 1 atom stereocenters. The molecule has 0 aromatic rings. The van der Waals surface area contributed by atoms with Crippen LogP contribution in [0.5, 0.6) is 0 Å². The monoisotopic (exact) mass is 301 g/mol. The highest BCUT2D eigenvalue weighted by Gasteiger charge is 2.44. The maximum absolute atomic E-state index is 12.3. The lowest BCUT2D eigenvalue weighted by Gasteiger charge is -2.34. The second-order valence-corrected chi connectivity index (χ2v) is 5.24. The van der Waals surface area contributed by atoms with E-state index in [1.165, 1.54) is 0 Å². The first-order valence-corrected chi connectivity index (χ1v) is 5.90. The van der Waals surface area contributed by atoms with Crippen LogP contribution in [0.1, 0.15) is 12.8 Å². The number of rotatable bonds is 3. The van der Waals surface area contributed by atoms with E-state index in [0.717, 1.165) is 4.48 Å². The quantitative estimate of drug-likeness (QED) is 0.866. The summed E-state index contributed by atoms with van der Waals surface area (Å²) in [4.78, 5) is 2.02. The molecule has 94 valence electrons. The van der Waals surface area contributed by atoms with Crippen molar-refractivity contribution in [3.63, 3.8) is 0 Å². The SMILES string of the molecule is C=C(Br)CN1CCC(C(O)C(F)(F)F)CC1. The van der Waals surface area contributed by atoms with Gasteiger partial charge >= 0.3 is 6.18 Å². The van der Waals surface area contributed by atoms with Crippen LogP contribution < -0.4 is 0 Å². The van der Waals surface area contributed by atoms with E-state index in [4.69, 9.17) is 5.11 Å². The van der Waals surface area contributed by atoms with Gasteiger partial charge in [0.25, 0.3) is 0 Å². The maximum atomic E-state index is 12.3. The van der Waals surface area contributed by atoms with Crippen molar-refractivity contribution in [3.8, 4) is 0 Å². The molecule has 1 N–H and O–H groups in total. The Morgan fingerprint density at radius 2 is 1.94 bits per heavy atom. The van der Waals surface area contributed by atoms with Gasteiger partial charge in [-0.1, -0.05) is 22.5 Å². The molecule has 0 aliphatic carbocycles. The van der Waals surface area contributed by atoms with Crippen LogP contribution in [0.3, 0.4) is 0 Å². The normalized spacial score (nSPS) is 22.1. The van der Waals surface area contributed by atoms with Crippen molar-refractivity contribution in [2.45, 2.75) is 25.1 Å². The summed E-state index contributed by atoms with van der Waals surface area (Å²) in [5.41, 5.74) is 0. The van der Waals surface area contributed by atoms with E-state index in [1.54, 1.807) is 0 Å². The van der Waals surface area contributed by atoms with Crippen LogP contribution in [0.15, 0.2) is 11.1 Å². The van der Waals surface area contributed by atoms with Crippen molar-refractivity contribution < 1.29 is 18.3 Å². The molecule has 1 unspecified atom stereocenters. The van der Waals surface area contributed by atoms with Crippen LogP contribution in [0.2, 0.25) is 0 Å². The van der Waals surface area contributed by atoms with E-state index in [1.807, 2.05) is 4.90 Å². The molecular formula is C10H15BrF3NO. The van der Waals surface area contributed by atoms with Crippen LogP contribution in [-0.2, 0) is 0 Å². The van der Waals surface area contributed by atoms with E-state index in [0.29, 0.717) is 32.5 Å². The van der Waals surface area contributed by atoms with Crippen LogP contribution in [0.25, 0.3) is 0 Å². The average molecular weight is 302 g/mol. The van der Waals surface area contributed by atoms with Crippen molar-refractivity contribution in [2.75, 3.05) is 19.6 Å². The Labute approximate surface area is 101 Å². The fourth-order valence-electron chi connectivity index (χ4n) is 1.94. The number of hydrogen-bond acceptors (Lipinski definition) is 2. The predicted molar refractivity (Wildman–Crippen MR) is 59.3 cm³/mol. The first-order chi connectivity index (χ1) is 7.30. The van der Waals surface area contributed by atoms with Gasteiger partial charge in [0, 0.05) is 11.0 Å². The molecule has 1 saturated heterocycles. The Balaban J connectivity index is 2.40. The maximum Gasteiger partial charge on any atom is 0.414 e. The standard InChI is InChI=1S/C10H15BrF3NO/c1-7(11)6-15-4-2-8(3-5-15)9(16)10(12,13)14/h8-9,16H,1-6H2. The van der Waals surface area contributed by atoms with Gasteiger partial charge in [-0.15, -0.1) is 0 Å². The van der Waals surface area contributed by atoms with Crippen molar-refractivity contribution in [1.29, 1.82) is 0 Å². The van der Waals surface area contributed by atoms with Gasteiger partial charge in [-0.2, -0.15) is 13.2 Å². The number of alkyl halides is 3.